The lowest BCUT2D eigenvalue weighted by Gasteiger charge is -2.29. The smallest absolute Gasteiger partial charge is 0.125 e. The maximum atomic E-state index is 10.2. The second kappa shape index (κ2) is 7.39. The van der Waals surface area contributed by atoms with Gasteiger partial charge in [-0.3, -0.25) is 4.90 Å². The quantitative estimate of drug-likeness (QED) is 0.896. The second-order valence-electron chi connectivity index (χ2n) is 5.98. The second-order valence-corrected chi connectivity index (χ2v) is 5.98. The van der Waals surface area contributed by atoms with Gasteiger partial charge in [0, 0.05) is 25.8 Å². The summed E-state index contributed by atoms with van der Waals surface area (Å²) in [6, 6.07) is 8.94. The molecule has 1 aliphatic rings. The van der Waals surface area contributed by atoms with Crippen molar-refractivity contribution in [3.63, 3.8) is 0 Å². The molecule has 124 valence electrons. The van der Waals surface area contributed by atoms with Crippen LogP contribution in [0.5, 0.6) is 5.75 Å². The largest absolute Gasteiger partial charge is 0.491 e. The van der Waals surface area contributed by atoms with Crippen molar-refractivity contribution in [3.8, 4) is 11.8 Å². The zero-order valence-corrected chi connectivity index (χ0v) is 13.6. The summed E-state index contributed by atoms with van der Waals surface area (Å²) in [7, 11) is 0. The molecule has 2 heterocycles. The van der Waals surface area contributed by atoms with Gasteiger partial charge in [-0.05, 0) is 43.2 Å². The van der Waals surface area contributed by atoms with Crippen molar-refractivity contribution >= 4 is 0 Å². The van der Waals surface area contributed by atoms with Gasteiger partial charge >= 0.3 is 0 Å². The molecule has 0 radical (unpaired) electrons. The number of nitriles is 1. The van der Waals surface area contributed by atoms with Crippen LogP contribution in [-0.4, -0.2) is 45.8 Å². The first-order valence-electron chi connectivity index (χ1n) is 7.99. The van der Waals surface area contributed by atoms with E-state index in [1.54, 1.807) is 24.3 Å². The summed E-state index contributed by atoms with van der Waals surface area (Å²) in [6.07, 6.45) is 2.23. The SMILES string of the molecule is Cc1ncc2c(n1)CN(CC(O)COc1ccc(C#N)cc1)CC2. The third-order valence-corrected chi connectivity index (χ3v) is 4.04. The van der Waals surface area contributed by atoms with Crippen molar-refractivity contribution in [2.45, 2.75) is 26.0 Å². The molecule has 0 saturated carbocycles. The molecule has 1 aliphatic heterocycles. The highest BCUT2D eigenvalue weighted by Gasteiger charge is 2.20. The van der Waals surface area contributed by atoms with Crippen LogP contribution in [0, 0.1) is 18.3 Å². The molecule has 6 nitrogen and oxygen atoms in total. The Morgan fingerprint density at radius 2 is 2.17 bits per heavy atom. The maximum absolute atomic E-state index is 10.2. The summed E-state index contributed by atoms with van der Waals surface area (Å²) in [4.78, 5) is 10.9. The van der Waals surface area contributed by atoms with Gasteiger partial charge in [-0.15, -0.1) is 0 Å². The Morgan fingerprint density at radius 1 is 1.38 bits per heavy atom. The molecule has 6 heteroatoms. The Kier molecular flexibility index (Phi) is 5.04. The van der Waals surface area contributed by atoms with Gasteiger partial charge in [-0.1, -0.05) is 0 Å². The summed E-state index contributed by atoms with van der Waals surface area (Å²) in [5, 5.41) is 19.0. The minimum Gasteiger partial charge on any atom is -0.491 e. The van der Waals surface area contributed by atoms with Crippen molar-refractivity contribution in [1.29, 1.82) is 5.26 Å². The summed E-state index contributed by atoms with van der Waals surface area (Å²) in [5.41, 5.74) is 2.83. The highest BCUT2D eigenvalue weighted by molar-refractivity contribution is 5.34. The molecule has 0 spiro atoms. The molecule has 1 aromatic carbocycles. The van der Waals surface area contributed by atoms with E-state index in [0.29, 0.717) is 17.9 Å². The van der Waals surface area contributed by atoms with Crippen molar-refractivity contribution in [3.05, 3.63) is 53.1 Å². The lowest BCUT2D eigenvalue weighted by molar-refractivity contribution is 0.0631. The lowest BCUT2D eigenvalue weighted by atomic mass is 10.1. The number of ether oxygens (including phenoxy) is 1. The summed E-state index contributed by atoms with van der Waals surface area (Å²) in [5.74, 6) is 1.43. The van der Waals surface area contributed by atoms with Gasteiger partial charge in [0.15, 0.2) is 0 Å². The van der Waals surface area contributed by atoms with E-state index >= 15 is 0 Å². The number of aliphatic hydroxyl groups is 1. The predicted molar refractivity (Wildman–Crippen MR) is 88.4 cm³/mol. The third-order valence-electron chi connectivity index (χ3n) is 4.04. The topological polar surface area (TPSA) is 82.3 Å². The van der Waals surface area contributed by atoms with E-state index in [1.807, 2.05) is 13.1 Å². The number of nitrogens with zero attached hydrogens (tertiary/aromatic N) is 4. The Labute approximate surface area is 141 Å². The van der Waals surface area contributed by atoms with Crippen molar-refractivity contribution in [2.75, 3.05) is 19.7 Å². The number of aryl methyl sites for hydroxylation is 1. The number of hydrogen-bond acceptors (Lipinski definition) is 6. The van der Waals surface area contributed by atoms with Gasteiger partial charge in [0.2, 0.25) is 0 Å². The van der Waals surface area contributed by atoms with Crippen LogP contribution in [0.15, 0.2) is 30.5 Å². The Morgan fingerprint density at radius 3 is 2.92 bits per heavy atom. The van der Waals surface area contributed by atoms with Crippen molar-refractivity contribution in [2.24, 2.45) is 0 Å². The first-order valence-corrected chi connectivity index (χ1v) is 7.99. The van der Waals surface area contributed by atoms with E-state index < -0.39 is 6.10 Å². The van der Waals surface area contributed by atoms with E-state index in [2.05, 4.69) is 20.9 Å². The Hall–Kier alpha value is -2.49. The molecule has 0 amide bonds. The van der Waals surface area contributed by atoms with Gasteiger partial charge in [0.1, 0.15) is 24.3 Å². The van der Waals surface area contributed by atoms with E-state index in [9.17, 15) is 5.11 Å². The number of aliphatic hydroxyl groups excluding tert-OH is 1. The van der Waals surface area contributed by atoms with E-state index in [-0.39, 0.29) is 6.61 Å². The molecule has 0 bridgehead atoms. The summed E-state index contributed by atoms with van der Waals surface area (Å²) >= 11 is 0. The van der Waals surface area contributed by atoms with Crippen LogP contribution in [0.4, 0.5) is 0 Å². The van der Waals surface area contributed by atoms with Crippen LogP contribution < -0.4 is 4.74 Å². The zero-order valence-electron chi connectivity index (χ0n) is 13.6. The average Bonchev–Trinajstić information content (AvgIpc) is 2.60. The molecule has 3 rings (SSSR count). The van der Waals surface area contributed by atoms with Gasteiger partial charge in [-0.2, -0.15) is 5.26 Å². The summed E-state index contributed by atoms with van der Waals surface area (Å²) < 4.78 is 5.59. The van der Waals surface area contributed by atoms with Crippen LogP contribution in [0.25, 0.3) is 0 Å². The fraction of sp³-hybridized carbons (Fsp3) is 0.389. The fourth-order valence-electron chi connectivity index (χ4n) is 2.78. The number of fused-ring (bicyclic) bond motifs is 1. The van der Waals surface area contributed by atoms with Crippen LogP contribution in [0.3, 0.4) is 0 Å². The van der Waals surface area contributed by atoms with Crippen LogP contribution >= 0.6 is 0 Å². The third kappa shape index (κ3) is 4.07. The first-order chi connectivity index (χ1) is 11.6. The van der Waals surface area contributed by atoms with Gasteiger partial charge in [-0.25, -0.2) is 9.97 Å². The number of aromatic nitrogens is 2. The molecule has 1 aromatic heterocycles. The average molecular weight is 324 g/mol. The first kappa shape index (κ1) is 16.4. The van der Waals surface area contributed by atoms with Crippen molar-refractivity contribution < 1.29 is 9.84 Å². The molecule has 0 aliphatic carbocycles. The van der Waals surface area contributed by atoms with Crippen molar-refractivity contribution in [1.82, 2.24) is 14.9 Å². The minimum atomic E-state index is -0.579. The molecular weight excluding hydrogens is 304 g/mol. The molecular formula is C18H20N4O2. The molecule has 24 heavy (non-hydrogen) atoms. The molecule has 1 atom stereocenters. The van der Waals surface area contributed by atoms with E-state index in [0.717, 1.165) is 31.0 Å². The highest BCUT2D eigenvalue weighted by atomic mass is 16.5. The molecule has 2 aromatic rings. The van der Waals surface area contributed by atoms with Gasteiger partial charge in [0.05, 0.1) is 17.3 Å². The highest BCUT2D eigenvalue weighted by Crippen LogP contribution is 2.17. The number of rotatable bonds is 5. The van der Waals surface area contributed by atoms with Gasteiger partial charge < -0.3 is 9.84 Å². The molecule has 0 fully saturated rings. The molecule has 1 unspecified atom stereocenters. The zero-order chi connectivity index (χ0) is 16.9. The number of benzene rings is 1. The number of β-amino-alcohol motifs (C(OH)–C–C–N with tert-alkyl or cyclic N) is 1. The molecule has 0 saturated heterocycles. The lowest BCUT2D eigenvalue weighted by Crippen LogP contribution is -2.39. The minimum absolute atomic E-state index is 0.220. The Bertz CT molecular complexity index is 740. The standard InChI is InChI=1S/C18H20N4O2/c1-13-20-9-15-6-7-22(11-18(15)21-13)10-16(23)12-24-17-4-2-14(8-19)3-5-17/h2-5,9,16,23H,6-7,10-12H2,1H3. The van der Waals surface area contributed by atoms with Crippen LogP contribution in [-0.2, 0) is 13.0 Å². The van der Waals surface area contributed by atoms with Crippen LogP contribution in [0.2, 0.25) is 0 Å². The maximum Gasteiger partial charge on any atom is 0.125 e. The van der Waals surface area contributed by atoms with E-state index in [4.69, 9.17) is 10.00 Å². The van der Waals surface area contributed by atoms with E-state index in [1.165, 1.54) is 5.56 Å². The predicted octanol–water partition coefficient (Wildman–Crippen LogP) is 1.45. The van der Waals surface area contributed by atoms with Gasteiger partial charge in [0.25, 0.3) is 0 Å². The fourth-order valence-corrected chi connectivity index (χ4v) is 2.78. The normalized spacial score (nSPS) is 15.4. The number of hydrogen-bond donors (Lipinski definition) is 1. The monoisotopic (exact) mass is 324 g/mol. The van der Waals surface area contributed by atoms with Crippen LogP contribution in [0.1, 0.15) is 22.6 Å². The Balaban J connectivity index is 1.50. The molecule has 1 N–H and O–H groups in total. The summed E-state index contributed by atoms with van der Waals surface area (Å²) in [6.45, 7) is 4.26.